The molecule has 1 aliphatic rings. The minimum absolute atomic E-state index is 0.325. The van der Waals surface area contributed by atoms with Crippen molar-refractivity contribution >= 4 is 33.2 Å². The minimum Gasteiger partial charge on any atom is -0.464 e. The van der Waals surface area contributed by atoms with Crippen molar-refractivity contribution in [3.8, 4) is 0 Å². The number of hydrogen-bond donors (Lipinski definition) is 0. The lowest BCUT2D eigenvalue weighted by Crippen LogP contribution is -2.28. The number of benzene rings is 1. The molecule has 1 atom stereocenters. The Morgan fingerprint density at radius 1 is 1.55 bits per heavy atom. The smallest absolute Gasteiger partial charge is 0.334 e. The number of thiazole rings is 1. The van der Waals surface area contributed by atoms with Crippen LogP contribution in [-0.4, -0.2) is 30.1 Å². The maximum atomic E-state index is 11.6. The van der Waals surface area contributed by atoms with Gasteiger partial charge in [-0.05, 0) is 32.0 Å². The molecule has 0 aliphatic carbocycles. The van der Waals surface area contributed by atoms with Crippen LogP contribution in [0.25, 0.3) is 10.2 Å². The molecule has 104 valence electrons. The summed E-state index contributed by atoms with van der Waals surface area (Å²) in [5, 5.41) is 10.8. The van der Waals surface area contributed by atoms with Crippen molar-refractivity contribution in [2.24, 2.45) is 10.3 Å². The number of esters is 1. The highest BCUT2D eigenvalue weighted by molar-refractivity contribution is 7.18. The highest BCUT2D eigenvalue weighted by atomic mass is 32.1. The fourth-order valence-corrected chi connectivity index (χ4v) is 2.93. The summed E-state index contributed by atoms with van der Waals surface area (Å²) >= 11 is 1.64. The first-order chi connectivity index (χ1) is 9.67. The number of carbonyl (C=O) groups is 1. The number of ether oxygens (including phenoxy) is 1. The predicted octanol–water partition coefficient (Wildman–Crippen LogP) is 2.72. The van der Waals surface area contributed by atoms with E-state index < -0.39 is 6.04 Å². The molecule has 0 saturated carbocycles. The van der Waals surface area contributed by atoms with Crippen molar-refractivity contribution in [1.82, 2.24) is 4.98 Å². The molecule has 20 heavy (non-hydrogen) atoms. The van der Waals surface area contributed by atoms with E-state index >= 15 is 0 Å². The molecular weight excluding hydrogens is 276 g/mol. The average molecular weight is 290 g/mol. The first-order valence-corrected chi connectivity index (χ1v) is 7.21. The summed E-state index contributed by atoms with van der Waals surface area (Å²) in [4.78, 5) is 16.0. The van der Waals surface area contributed by atoms with Crippen LogP contribution in [0, 0.1) is 6.92 Å². The van der Waals surface area contributed by atoms with Gasteiger partial charge in [-0.1, -0.05) is 5.22 Å². The zero-order chi connectivity index (χ0) is 14.1. The second-order valence-corrected chi connectivity index (χ2v) is 5.67. The summed E-state index contributed by atoms with van der Waals surface area (Å²) in [7, 11) is 0. The van der Waals surface area contributed by atoms with E-state index in [1.165, 1.54) is 0 Å². The standard InChI is InChI=1S/C13H14N4O2S/c1-3-19-13(18)11-7-17(16-15-11)9-4-5-10-12(6-9)20-8(2)14-10/h4-6,11H,3,7H2,1-2H3. The second kappa shape index (κ2) is 5.16. The van der Waals surface area contributed by atoms with Crippen molar-refractivity contribution in [3.05, 3.63) is 23.2 Å². The van der Waals surface area contributed by atoms with E-state index in [1.807, 2.05) is 25.1 Å². The van der Waals surface area contributed by atoms with Crippen LogP contribution < -0.4 is 5.01 Å². The van der Waals surface area contributed by atoms with E-state index in [0.717, 1.165) is 20.9 Å². The van der Waals surface area contributed by atoms with Gasteiger partial charge in [-0.25, -0.2) is 14.8 Å². The third-order valence-corrected chi connectivity index (χ3v) is 3.91. The molecule has 0 spiro atoms. The van der Waals surface area contributed by atoms with E-state index in [1.54, 1.807) is 23.3 Å². The van der Waals surface area contributed by atoms with Crippen LogP contribution in [0.5, 0.6) is 0 Å². The van der Waals surface area contributed by atoms with E-state index in [4.69, 9.17) is 4.74 Å². The molecule has 0 radical (unpaired) electrons. The number of rotatable bonds is 3. The molecule has 0 amide bonds. The molecule has 1 aliphatic heterocycles. The average Bonchev–Trinajstić information content (AvgIpc) is 3.02. The fraction of sp³-hybridized carbons (Fsp3) is 0.385. The monoisotopic (exact) mass is 290 g/mol. The Kier molecular flexibility index (Phi) is 3.35. The first-order valence-electron chi connectivity index (χ1n) is 6.39. The molecule has 6 nitrogen and oxygen atoms in total. The number of aromatic nitrogens is 1. The normalized spacial score (nSPS) is 17.9. The van der Waals surface area contributed by atoms with Gasteiger partial charge in [0.25, 0.3) is 0 Å². The molecule has 1 aromatic heterocycles. The van der Waals surface area contributed by atoms with Crippen LogP contribution in [0.3, 0.4) is 0 Å². The molecule has 3 rings (SSSR count). The summed E-state index contributed by atoms with van der Waals surface area (Å²) in [6.45, 7) is 4.54. The number of nitrogens with zero attached hydrogens (tertiary/aromatic N) is 4. The quantitative estimate of drug-likeness (QED) is 0.815. The van der Waals surface area contributed by atoms with Crippen LogP contribution in [-0.2, 0) is 9.53 Å². The molecule has 7 heteroatoms. The molecule has 0 saturated heterocycles. The van der Waals surface area contributed by atoms with E-state index in [9.17, 15) is 4.79 Å². The first kappa shape index (κ1) is 13.0. The van der Waals surface area contributed by atoms with Crippen LogP contribution in [0.15, 0.2) is 28.5 Å². The molecule has 0 bridgehead atoms. The lowest BCUT2D eigenvalue weighted by molar-refractivity contribution is -0.144. The van der Waals surface area contributed by atoms with Crippen molar-refractivity contribution in [1.29, 1.82) is 0 Å². The van der Waals surface area contributed by atoms with Gasteiger partial charge in [-0.3, -0.25) is 0 Å². The van der Waals surface area contributed by atoms with Crippen molar-refractivity contribution in [3.63, 3.8) is 0 Å². The van der Waals surface area contributed by atoms with Gasteiger partial charge in [-0.2, -0.15) is 5.11 Å². The predicted molar refractivity (Wildman–Crippen MR) is 77.0 cm³/mol. The lowest BCUT2D eigenvalue weighted by Gasteiger charge is -2.13. The van der Waals surface area contributed by atoms with Crippen LogP contribution in [0.1, 0.15) is 11.9 Å². The van der Waals surface area contributed by atoms with Crippen molar-refractivity contribution in [2.45, 2.75) is 19.9 Å². The summed E-state index contributed by atoms with van der Waals surface area (Å²) in [5.41, 5.74) is 1.89. The number of fused-ring (bicyclic) bond motifs is 1. The maximum Gasteiger partial charge on any atom is 0.334 e. The topological polar surface area (TPSA) is 67.2 Å². The zero-order valence-electron chi connectivity index (χ0n) is 11.2. The van der Waals surface area contributed by atoms with Crippen LogP contribution in [0.2, 0.25) is 0 Å². The van der Waals surface area contributed by atoms with Gasteiger partial charge < -0.3 is 4.74 Å². The maximum absolute atomic E-state index is 11.6. The van der Waals surface area contributed by atoms with Crippen molar-refractivity contribution < 1.29 is 9.53 Å². The molecule has 2 aromatic rings. The number of carbonyl (C=O) groups excluding carboxylic acids is 1. The van der Waals surface area contributed by atoms with Crippen LogP contribution >= 0.6 is 11.3 Å². The number of hydrogen-bond acceptors (Lipinski definition) is 7. The summed E-state index contributed by atoms with van der Waals surface area (Å²) in [5.74, 6) is -0.325. The Bertz CT molecular complexity index is 682. The van der Waals surface area contributed by atoms with Crippen molar-refractivity contribution in [2.75, 3.05) is 18.2 Å². The molecule has 0 N–H and O–H groups in total. The molecule has 2 heterocycles. The third kappa shape index (κ3) is 2.36. The van der Waals surface area contributed by atoms with Gasteiger partial charge >= 0.3 is 5.97 Å². The Hall–Kier alpha value is -2.02. The Labute approximate surface area is 120 Å². The van der Waals surface area contributed by atoms with Crippen LogP contribution in [0.4, 0.5) is 5.69 Å². The van der Waals surface area contributed by atoms with Gasteiger partial charge in [0.05, 0.1) is 34.1 Å². The van der Waals surface area contributed by atoms with E-state index in [2.05, 4.69) is 15.3 Å². The molecular formula is C13H14N4O2S. The Morgan fingerprint density at radius 3 is 3.20 bits per heavy atom. The summed E-state index contributed by atoms with van der Waals surface area (Å²) in [6, 6.07) is 5.39. The van der Waals surface area contributed by atoms with E-state index in [0.29, 0.717) is 13.2 Å². The number of aryl methyl sites for hydroxylation is 1. The SMILES string of the molecule is CCOC(=O)C1CN(c2ccc3nc(C)sc3c2)N=N1. The zero-order valence-corrected chi connectivity index (χ0v) is 12.1. The van der Waals surface area contributed by atoms with Gasteiger partial charge in [0, 0.05) is 0 Å². The van der Waals surface area contributed by atoms with Gasteiger partial charge in [0.15, 0.2) is 6.04 Å². The Morgan fingerprint density at radius 2 is 2.40 bits per heavy atom. The highest BCUT2D eigenvalue weighted by Gasteiger charge is 2.28. The molecule has 1 unspecified atom stereocenters. The van der Waals surface area contributed by atoms with Gasteiger partial charge in [-0.15, -0.1) is 11.3 Å². The Balaban J connectivity index is 1.79. The number of anilines is 1. The van der Waals surface area contributed by atoms with E-state index in [-0.39, 0.29) is 5.97 Å². The largest absolute Gasteiger partial charge is 0.464 e. The molecule has 0 fully saturated rings. The highest BCUT2D eigenvalue weighted by Crippen LogP contribution is 2.28. The van der Waals surface area contributed by atoms with Gasteiger partial charge in [0.2, 0.25) is 0 Å². The van der Waals surface area contributed by atoms with Gasteiger partial charge in [0.1, 0.15) is 0 Å². The summed E-state index contributed by atoms with van der Waals surface area (Å²) < 4.78 is 6.06. The minimum atomic E-state index is -0.533. The third-order valence-electron chi connectivity index (χ3n) is 2.98. The summed E-state index contributed by atoms with van der Waals surface area (Å²) in [6.07, 6.45) is 0. The molecule has 1 aromatic carbocycles. The fourth-order valence-electron chi connectivity index (χ4n) is 2.07. The second-order valence-electron chi connectivity index (χ2n) is 4.44. The lowest BCUT2D eigenvalue weighted by atomic mass is 10.2.